The second-order valence-electron chi connectivity index (χ2n) is 2.20. The Morgan fingerprint density at radius 3 is 2.31 bits per heavy atom. The molecule has 0 aromatic carbocycles. The van der Waals surface area contributed by atoms with E-state index in [2.05, 4.69) is 18.5 Å². The van der Waals surface area contributed by atoms with Crippen LogP contribution in [0.15, 0.2) is 48.9 Å². The molecule has 13 heavy (non-hydrogen) atoms. The Morgan fingerprint density at radius 1 is 1.31 bits per heavy atom. The molecule has 0 aliphatic carbocycles. The zero-order valence-corrected chi connectivity index (χ0v) is 7.29. The molecule has 0 fully saturated rings. The summed E-state index contributed by atoms with van der Waals surface area (Å²) in [7, 11) is 0. The number of carbonyl (C=O) groups is 1. The van der Waals surface area contributed by atoms with Crippen molar-refractivity contribution in [3.8, 4) is 0 Å². The van der Waals surface area contributed by atoms with Crippen LogP contribution in [-0.4, -0.2) is 6.03 Å². The molecular formula is C9H13N3O. The summed E-state index contributed by atoms with van der Waals surface area (Å²) >= 11 is 0. The maximum atomic E-state index is 10.5. The van der Waals surface area contributed by atoms with E-state index in [1.54, 1.807) is 6.08 Å². The maximum absolute atomic E-state index is 10.5. The number of carbonyl (C=O) groups excluding carboxylic acids is 1. The standard InChI is InChI=1S/C9H13N3O/c1-3-5-7(10)6-8(4-2)12-9(11)13/h3-6H,1-2,10H2,(H3,11,12,13)/b7-5+,8-6+. The third-order valence-corrected chi connectivity index (χ3v) is 1.12. The highest BCUT2D eigenvalue weighted by Crippen LogP contribution is 1.95. The molecule has 0 aromatic heterocycles. The molecule has 0 heterocycles. The van der Waals surface area contributed by atoms with E-state index in [0.29, 0.717) is 11.4 Å². The van der Waals surface area contributed by atoms with Gasteiger partial charge in [-0.3, -0.25) is 0 Å². The number of allylic oxidation sites excluding steroid dienone is 4. The fourth-order valence-corrected chi connectivity index (χ4v) is 0.652. The molecule has 0 bridgehead atoms. The number of amides is 2. The lowest BCUT2D eigenvalue weighted by Crippen LogP contribution is -2.28. The topological polar surface area (TPSA) is 81.1 Å². The summed E-state index contributed by atoms with van der Waals surface area (Å²) in [5.41, 5.74) is 11.3. The van der Waals surface area contributed by atoms with E-state index in [-0.39, 0.29) is 0 Å². The Hall–Kier alpha value is -1.97. The van der Waals surface area contributed by atoms with Crippen molar-refractivity contribution in [2.24, 2.45) is 11.5 Å². The van der Waals surface area contributed by atoms with Gasteiger partial charge < -0.3 is 16.8 Å². The molecule has 0 aromatic rings. The lowest BCUT2D eigenvalue weighted by Gasteiger charge is -2.01. The first-order chi connectivity index (χ1) is 6.10. The molecule has 0 unspecified atom stereocenters. The van der Waals surface area contributed by atoms with Crippen LogP contribution in [0.4, 0.5) is 4.79 Å². The van der Waals surface area contributed by atoms with Gasteiger partial charge >= 0.3 is 6.03 Å². The van der Waals surface area contributed by atoms with Crippen molar-refractivity contribution in [1.82, 2.24) is 5.32 Å². The van der Waals surface area contributed by atoms with E-state index in [0.717, 1.165) is 0 Å². The largest absolute Gasteiger partial charge is 0.399 e. The zero-order valence-electron chi connectivity index (χ0n) is 7.29. The Balaban J connectivity index is 4.55. The Bertz CT molecular complexity index is 277. The molecule has 0 aliphatic rings. The molecule has 0 atom stereocenters. The average molecular weight is 179 g/mol. The van der Waals surface area contributed by atoms with Crippen LogP contribution in [-0.2, 0) is 0 Å². The van der Waals surface area contributed by atoms with E-state index in [4.69, 9.17) is 11.5 Å². The van der Waals surface area contributed by atoms with Crippen molar-refractivity contribution in [3.63, 3.8) is 0 Å². The molecule has 0 spiro atoms. The van der Waals surface area contributed by atoms with Crippen LogP contribution in [0.5, 0.6) is 0 Å². The quantitative estimate of drug-likeness (QED) is 0.557. The van der Waals surface area contributed by atoms with Gasteiger partial charge in [0.25, 0.3) is 0 Å². The zero-order chi connectivity index (χ0) is 10.3. The third-order valence-electron chi connectivity index (χ3n) is 1.12. The van der Waals surface area contributed by atoms with Crippen LogP contribution in [0.2, 0.25) is 0 Å². The predicted molar refractivity (Wildman–Crippen MR) is 53.5 cm³/mol. The summed E-state index contributed by atoms with van der Waals surface area (Å²) in [6, 6.07) is -0.655. The number of nitrogens with one attached hydrogen (secondary N) is 1. The van der Waals surface area contributed by atoms with Gasteiger partial charge in [0.15, 0.2) is 0 Å². The van der Waals surface area contributed by atoms with Gasteiger partial charge in [0, 0.05) is 11.4 Å². The average Bonchev–Trinajstić information content (AvgIpc) is 2.02. The van der Waals surface area contributed by atoms with Crippen LogP contribution < -0.4 is 16.8 Å². The summed E-state index contributed by atoms with van der Waals surface area (Å²) in [6.07, 6.45) is 6.09. The molecule has 2 amide bonds. The highest BCUT2D eigenvalue weighted by atomic mass is 16.2. The normalized spacial score (nSPS) is 12.0. The summed E-state index contributed by atoms with van der Waals surface area (Å²) in [5, 5.41) is 2.35. The van der Waals surface area contributed by atoms with Gasteiger partial charge in [0.05, 0.1) is 0 Å². The first-order valence-electron chi connectivity index (χ1n) is 3.59. The SMILES string of the molecule is C=C/C=C(N)\C=C(/C=C)NC(N)=O. The second-order valence-corrected chi connectivity index (χ2v) is 2.20. The van der Waals surface area contributed by atoms with Crippen molar-refractivity contribution in [3.05, 3.63) is 48.9 Å². The first kappa shape index (κ1) is 11.0. The molecule has 4 heteroatoms. The Kier molecular flexibility index (Phi) is 4.79. The van der Waals surface area contributed by atoms with Gasteiger partial charge in [-0.05, 0) is 18.2 Å². The number of hydrogen-bond donors (Lipinski definition) is 3. The van der Waals surface area contributed by atoms with E-state index < -0.39 is 6.03 Å². The van der Waals surface area contributed by atoms with Crippen molar-refractivity contribution in [1.29, 1.82) is 0 Å². The Morgan fingerprint density at radius 2 is 1.92 bits per heavy atom. The summed E-state index contributed by atoms with van der Waals surface area (Å²) in [6.45, 7) is 6.95. The highest BCUT2D eigenvalue weighted by molar-refractivity contribution is 5.74. The van der Waals surface area contributed by atoms with E-state index in [1.165, 1.54) is 18.2 Å². The molecule has 0 saturated heterocycles. The number of urea groups is 1. The Labute approximate surface area is 77.3 Å². The number of nitrogens with two attached hydrogens (primary N) is 2. The van der Waals surface area contributed by atoms with Crippen molar-refractivity contribution >= 4 is 6.03 Å². The van der Waals surface area contributed by atoms with Crippen LogP contribution in [0.1, 0.15) is 0 Å². The molecule has 0 saturated carbocycles. The van der Waals surface area contributed by atoms with Crippen LogP contribution in [0.25, 0.3) is 0 Å². The third kappa shape index (κ3) is 5.32. The number of hydrogen-bond acceptors (Lipinski definition) is 2. The maximum Gasteiger partial charge on any atom is 0.316 e. The molecule has 0 rings (SSSR count). The van der Waals surface area contributed by atoms with Crippen molar-refractivity contribution < 1.29 is 4.79 Å². The summed E-state index contributed by atoms with van der Waals surface area (Å²) < 4.78 is 0. The van der Waals surface area contributed by atoms with Gasteiger partial charge in [0.1, 0.15) is 0 Å². The molecule has 5 N–H and O–H groups in total. The fourth-order valence-electron chi connectivity index (χ4n) is 0.652. The van der Waals surface area contributed by atoms with Crippen molar-refractivity contribution in [2.75, 3.05) is 0 Å². The molecule has 4 nitrogen and oxygen atoms in total. The highest BCUT2D eigenvalue weighted by Gasteiger charge is 1.94. The molecular weight excluding hydrogens is 166 g/mol. The lowest BCUT2D eigenvalue weighted by molar-refractivity contribution is 0.251. The molecule has 0 radical (unpaired) electrons. The van der Waals surface area contributed by atoms with Crippen LogP contribution in [0, 0.1) is 0 Å². The van der Waals surface area contributed by atoms with E-state index in [9.17, 15) is 4.79 Å². The van der Waals surface area contributed by atoms with Crippen LogP contribution in [0.3, 0.4) is 0 Å². The lowest BCUT2D eigenvalue weighted by atomic mass is 10.3. The monoisotopic (exact) mass is 179 g/mol. The van der Waals surface area contributed by atoms with Crippen molar-refractivity contribution in [2.45, 2.75) is 0 Å². The summed E-state index contributed by atoms with van der Waals surface area (Å²) in [4.78, 5) is 10.5. The van der Waals surface area contributed by atoms with E-state index in [1.807, 2.05) is 0 Å². The minimum atomic E-state index is -0.655. The smallest absolute Gasteiger partial charge is 0.316 e. The number of rotatable bonds is 4. The van der Waals surface area contributed by atoms with Gasteiger partial charge in [-0.15, -0.1) is 0 Å². The molecule has 70 valence electrons. The predicted octanol–water partition coefficient (Wildman–Crippen LogP) is 0.753. The van der Waals surface area contributed by atoms with Gasteiger partial charge in [-0.1, -0.05) is 19.2 Å². The summed E-state index contributed by atoms with van der Waals surface area (Å²) in [5.74, 6) is 0. The first-order valence-corrected chi connectivity index (χ1v) is 3.59. The van der Waals surface area contributed by atoms with E-state index >= 15 is 0 Å². The van der Waals surface area contributed by atoms with Crippen LogP contribution >= 0.6 is 0 Å². The van der Waals surface area contributed by atoms with Gasteiger partial charge in [-0.2, -0.15) is 0 Å². The fraction of sp³-hybridized carbons (Fsp3) is 0. The number of primary amides is 1. The van der Waals surface area contributed by atoms with Gasteiger partial charge in [0.2, 0.25) is 0 Å². The minimum Gasteiger partial charge on any atom is -0.399 e. The molecule has 0 aliphatic heterocycles. The minimum absolute atomic E-state index is 0.447. The van der Waals surface area contributed by atoms with Gasteiger partial charge in [-0.25, -0.2) is 4.79 Å². The second kappa shape index (κ2) is 5.65.